The number of carboxylic acids is 1. The van der Waals surface area contributed by atoms with Crippen molar-refractivity contribution in [3.05, 3.63) is 12.7 Å². The number of rotatable bonds is 2. The molecule has 0 aromatic heterocycles. The summed E-state index contributed by atoms with van der Waals surface area (Å²) >= 11 is 0. The molecule has 1 N–H and O–H groups in total. The molecule has 1 rings (SSSR count). The van der Waals surface area contributed by atoms with Gasteiger partial charge in [0.2, 0.25) is 0 Å². The summed E-state index contributed by atoms with van der Waals surface area (Å²) in [6, 6.07) is 0. The smallest absolute Gasteiger partial charge is 0.307 e. The average molecular weight is 140 g/mol. The molecule has 1 saturated carbocycles. The highest BCUT2D eigenvalue weighted by Gasteiger charge is 2.30. The van der Waals surface area contributed by atoms with E-state index in [0.29, 0.717) is 0 Å². The molecule has 2 atom stereocenters. The molecule has 1 aliphatic rings. The molecule has 0 radical (unpaired) electrons. The van der Waals surface area contributed by atoms with Gasteiger partial charge in [0.15, 0.2) is 0 Å². The van der Waals surface area contributed by atoms with E-state index < -0.39 is 5.97 Å². The molecule has 0 amide bonds. The molecule has 0 unspecified atom stereocenters. The van der Waals surface area contributed by atoms with Gasteiger partial charge in [-0.05, 0) is 18.8 Å². The molecule has 0 spiro atoms. The van der Waals surface area contributed by atoms with Gasteiger partial charge in [0.25, 0.3) is 0 Å². The second-order valence-electron chi connectivity index (χ2n) is 2.78. The van der Waals surface area contributed by atoms with Crippen LogP contribution in [0.2, 0.25) is 0 Å². The summed E-state index contributed by atoms with van der Waals surface area (Å²) in [5, 5.41) is 8.67. The fraction of sp³-hybridized carbons (Fsp3) is 0.625. The minimum Gasteiger partial charge on any atom is -0.481 e. The molecule has 2 nitrogen and oxygen atoms in total. The highest BCUT2D eigenvalue weighted by molar-refractivity contribution is 5.71. The van der Waals surface area contributed by atoms with Crippen LogP contribution in [0, 0.1) is 11.8 Å². The van der Waals surface area contributed by atoms with Crippen molar-refractivity contribution >= 4 is 5.97 Å². The Balaban J connectivity index is 2.58. The molecule has 1 fully saturated rings. The second kappa shape index (κ2) is 2.86. The lowest BCUT2D eigenvalue weighted by Gasteiger charge is -2.08. The monoisotopic (exact) mass is 140 g/mol. The predicted molar refractivity (Wildman–Crippen MR) is 38.7 cm³/mol. The normalized spacial score (nSPS) is 32.0. The number of carboxylic acid groups (broad SMARTS) is 1. The van der Waals surface area contributed by atoms with Crippen LogP contribution in [0.15, 0.2) is 12.7 Å². The quantitative estimate of drug-likeness (QED) is 0.592. The zero-order valence-corrected chi connectivity index (χ0v) is 5.92. The van der Waals surface area contributed by atoms with Gasteiger partial charge in [-0.3, -0.25) is 4.79 Å². The topological polar surface area (TPSA) is 37.3 Å². The van der Waals surface area contributed by atoms with Crippen LogP contribution >= 0.6 is 0 Å². The molecule has 0 saturated heterocycles. The van der Waals surface area contributed by atoms with Crippen LogP contribution in [0.25, 0.3) is 0 Å². The van der Waals surface area contributed by atoms with E-state index in [1.54, 1.807) is 6.08 Å². The molecule has 1 aliphatic carbocycles. The maximum absolute atomic E-state index is 10.5. The molecule has 0 aromatic carbocycles. The van der Waals surface area contributed by atoms with Crippen molar-refractivity contribution in [2.45, 2.75) is 19.3 Å². The van der Waals surface area contributed by atoms with Gasteiger partial charge in [-0.15, -0.1) is 6.58 Å². The first-order valence-electron chi connectivity index (χ1n) is 3.61. The summed E-state index contributed by atoms with van der Waals surface area (Å²) in [4.78, 5) is 10.5. The minimum absolute atomic E-state index is 0.155. The van der Waals surface area contributed by atoms with Crippen molar-refractivity contribution in [1.29, 1.82) is 0 Å². The van der Waals surface area contributed by atoms with E-state index in [1.165, 1.54) is 0 Å². The first kappa shape index (κ1) is 7.32. The molecule has 0 aliphatic heterocycles. The van der Waals surface area contributed by atoms with Crippen LogP contribution in [0.1, 0.15) is 19.3 Å². The zero-order valence-electron chi connectivity index (χ0n) is 5.92. The molecule has 56 valence electrons. The van der Waals surface area contributed by atoms with Crippen molar-refractivity contribution in [2.75, 3.05) is 0 Å². The van der Waals surface area contributed by atoms with Crippen LogP contribution in [0.4, 0.5) is 0 Å². The van der Waals surface area contributed by atoms with Gasteiger partial charge in [-0.1, -0.05) is 12.5 Å². The Morgan fingerprint density at radius 1 is 1.60 bits per heavy atom. The fourth-order valence-corrected chi connectivity index (χ4v) is 1.58. The molecule has 10 heavy (non-hydrogen) atoms. The number of carbonyl (C=O) groups is 1. The third-order valence-corrected chi connectivity index (χ3v) is 2.19. The first-order chi connectivity index (χ1) is 4.75. The van der Waals surface area contributed by atoms with E-state index in [0.717, 1.165) is 19.3 Å². The number of aliphatic carboxylic acids is 1. The van der Waals surface area contributed by atoms with Crippen LogP contribution in [-0.2, 0) is 4.79 Å². The Bertz CT molecular complexity index is 151. The third kappa shape index (κ3) is 1.20. The van der Waals surface area contributed by atoms with Gasteiger partial charge >= 0.3 is 5.97 Å². The number of hydrogen-bond acceptors (Lipinski definition) is 1. The highest BCUT2D eigenvalue weighted by Crippen LogP contribution is 2.32. The SMILES string of the molecule is C=C[C@@H]1CCC[C@@H]1C(=O)O. The van der Waals surface area contributed by atoms with Crippen molar-refractivity contribution in [3.63, 3.8) is 0 Å². The second-order valence-corrected chi connectivity index (χ2v) is 2.78. The summed E-state index contributed by atoms with van der Waals surface area (Å²) in [5.74, 6) is -0.600. The summed E-state index contributed by atoms with van der Waals surface area (Å²) < 4.78 is 0. The van der Waals surface area contributed by atoms with E-state index in [1.807, 2.05) is 0 Å². The molecular weight excluding hydrogens is 128 g/mol. The van der Waals surface area contributed by atoms with E-state index in [-0.39, 0.29) is 11.8 Å². The van der Waals surface area contributed by atoms with E-state index >= 15 is 0 Å². The largest absolute Gasteiger partial charge is 0.481 e. The van der Waals surface area contributed by atoms with Gasteiger partial charge in [0.1, 0.15) is 0 Å². The average Bonchev–Trinajstić information content (AvgIpc) is 2.33. The van der Waals surface area contributed by atoms with Crippen molar-refractivity contribution < 1.29 is 9.90 Å². The van der Waals surface area contributed by atoms with Crippen LogP contribution in [0.5, 0.6) is 0 Å². The van der Waals surface area contributed by atoms with Crippen LogP contribution < -0.4 is 0 Å². The standard InChI is InChI=1S/C8H12O2/c1-2-6-4-3-5-7(6)8(9)10/h2,6-7H,1,3-5H2,(H,9,10)/t6-,7+/m1/s1. The van der Waals surface area contributed by atoms with Crippen molar-refractivity contribution in [3.8, 4) is 0 Å². The predicted octanol–water partition coefficient (Wildman–Crippen LogP) is 1.67. The number of allylic oxidation sites excluding steroid dienone is 1. The fourth-order valence-electron chi connectivity index (χ4n) is 1.58. The van der Waals surface area contributed by atoms with Gasteiger partial charge in [-0.2, -0.15) is 0 Å². The van der Waals surface area contributed by atoms with Crippen molar-refractivity contribution in [1.82, 2.24) is 0 Å². The van der Waals surface area contributed by atoms with E-state index in [9.17, 15) is 4.79 Å². The third-order valence-electron chi connectivity index (χ3n) is 2.19. The molecule has 2 heteroatoms. The molecular formula is C8H12O2. The van der Waals surface area contributed by atoms with Crippen molar-refractivity contribution in [2.24, 2.45) is 11.8 Å². The van der Waals surface area contributed by atoms with Gasteiger partial charge < -0.3 is 5.11 Å². The summed E-state index contributed by atoms with van der Waals surface area (Å²) in [6.45, 7) is 3.61. The lowest BCUT2D eigenvalue weighted by molar-refractivity contribution is -0.142. The van der Waals surface area contributed by atoms with Crippen LogP contribution in [-0.4, -0.2) is 11.1 Å². The minimum atomic E-state index is -0.664. The first-order valence-corrected chi connectivity index (χ1v) is 3.61. The summed E-state index contributed by atoms with van der Waals surface area (Å²) in [7, 11) is 0. The van der Waals surface area contributed by atoms with Gasteiger partial charge in [0.05, 0.1) is 5.92 Å². The maximum Gasteiger partial charge on any atom is 0.307 e. The van der Waals surface area contributed by atoms with Gasteiger partial charge in [0, 0.05) is 0 Å². The van der Waals surface area contributed by atoms with Crippen LogP contribution in [0.3, 0.4) is 0 Å². The Morgan fingerprint density at radius 3 is 2.70 bits per heavy atom. The molecule has 0 aromatic rings. The molecule has 0 bridgehead atoms. The Kier molecular flexibility index (Phi) is 2.10. The Morgan fingerprint density at radius 2 is 2.30 bits per heavy atom. The molecule has 0 heterocycles. The lowest BCUT2D eigenvalue weighted by atomic mass is 9.97. The Labute approximate surface area is 60.6 Å². The maximum atomic E-state index is 10.5. The van der Waals surface area contributed by atoms with E-state index in [4.69, 9.17) is 5.11 Å². The Hall–Kier alpha value is -0.790. The zero-order chi connectivity index (χ0) is 7.56. The summed E-state index contributed by atoms with van der Waals surface area (Å²) in [6.07, 6.45) is 4.63. The summed E-state index contributed by atoms with van der Waals surface area (Å²) in [5.41, 5.74) is 0. The number of hydrogen-bond donors (Lipinski definition) is 1. The highest BCUT2D eigenvalue weighted by atomic mass is 16.4. The van der Waals surface area contributed by atoms with Gasteiger partial charge in [-0.25, -0.2) is 0 Å². The lowest BCUT2D eigenvalue weighted by Crippen LogP contribution is -2.16. The van der Waals surface area contributed by atoms with E-state index in [2.05, 4.69) is 6.58 Å².